The fourth-order valence-electron chi connectivity index (χ4n) is 1.38. The van der Waals surface area contributed by atoms with Crippen LogP contribution in [0.4, 0.5) is 24.7 Å². The molecule has 96 valence electrons. The zero-order valence-corrected chi connectivity index (χ0v) is 9.97. The van der Waals surface area contributed by atoms with Crippen LogP contribution in [0.3, 0.4) is 0 Å². The summed E-state index contributed by atoms with van der Waals surface area (Å²) in [4.78, 5) is 3.79. The molecule has 0 aliphatic heterocycles. The lowest BCUT2D eigenvalue weighted by Gasteiger charge is -2.08. The van der Waals surface area contributed by atoms with Crippen molar-refractivity contribution < 1.29 is 13.2 Å². The molecule has 3 nitrogen and oxygen atoms in total. The van der Waals surface area contributed by atoms with Crippen LogP contribution in [-0.2, 0) is 0 Å². The molecular formula is C12H5ClF3N3. The van der Waals surface area contributed by atoms with Gasteiger partial charge in [0.2, 0.25) is 0 Å². The molecule has 0 aliphatic rings. The summed E-state index contributed by atoms with van der Waals surface area (Å²) in [5, 5.41) is 11.2. The maximum Gasteiger partial charge on any atom is 0.161 e. The normalized spacial score (nSPS) is 10.1. The quantitative estimate of drug-likeness (QED) is 0.674. The van der Waals surface area contributed by atoms with E-state index < -0.39 is 17.5 Å². The Morgan fingerprint density at radius 2 is 1.74 bits per heavy atom. The average Bonchev–Trinajstić information content (AvgIpc) is 2.35. The smallest absolute Gasteiger partial charge is 0.161 e. The fraction of sp³-hybridized carbons (Fsp3) is 0. The summed E-state index contributed by atoms with van der Waals surface area (Å²) in [7, 11) is 0. The number of benzene rings is 1. The molecule has 1 heterocycles. The lowest BCUT2D eigenvalue weighted by molar-refractivity contribution is 0.496. The number of halogens is 4. The highest BCUT2D eigenvalue weighted by molar-refractivity contribution is 6.29. The Balaban J connectivity index is 2.39. The molecule has 0 unspecified atom stereocenters. The standard InChI is InChI=1S/C12H5ClF3N3/c13-11-1-6(5-17)2-12(19-11)18-10-4-8(15)7(14)3-9(10)16/h1-4H,(H,18,19). The van der Waals surface area contributed by atoms with Gasteiger partial charge in [0.1, 0.15) is 16.8 Å². The molecule has 1 aromatic heterocycles. The number of nitriles is 1. The second-order valence-corrected chi connectivity index (χ2v) is 3.93. The third-order valence-electron chi connectivity index (χ3n) is 2.20. The van der Waals surface area contributed by atoms with Gasteiger partial charge in [-0.15, -0.1) is 0 Å². The van der Waals surface area contributed by atoms with Crippen molar-refractivity contribution in [2.24, 2.45) is 0 Å². The highest BCUT2D eigenvalue weighted by Gasteiger charge is 2.11. The first kappa shape index (κ1) is 13.2. The highest BCUT2D eigenvalue weighted by Crippen LogP contribution is 2.23. The van der Waals surface area contributed by atoms with E-state index in [4.69, 9.17) is 16.9 Å². The summed E-state index contributed by atoms with van der Waals surface area (Å²) < 4.78 is 39.2. The van der Waals surface area contributed by atoms with Crippen LogP contribution < -0.4 is 5.32 Å². The fourth-order valence-corrected chi connectivity index (χ4v) is 1.59. The summed E-state index contributed by atoms with van der Waals surface area (Å²) in [6, 6.07) is 5.51. The van der Waals surface area contributed by atoms with Gasteiger partial charge < -0.3 is 5.32 Å². The van der Waals surface area contributed by atoms with Crippen LogP contribution in [0.1, 0.15) is 5.56 Å². The number of nitrogens with one attached hydrogen (secondary N) is 1. The Morgan fingerprint density at radius 3 is 2.42 bits per heavy atom. The number of pyridine rings is 1. The van der Waals surface area contributed by atoms with E-state index in [0.29, 0.717) is 12.1 Å². The van der Waals surface area contributed by atoms with E-state index in [2.05, 4.69) is 10.3 Å². The van der Waals surface area contributed by atoms with Crippen LogP contribution in [0.2, 0.25) is 5.15 Å². The van der Waals surface area contributed by atoms with Gasteiger partial charge in [-0.25, -0.2) is 18.2 Å². The predicted octanol–water partition coefficient (Wildman–Crippen LogP) is 3.77. The molecule has 1 N–H and O–H groups in total. The number of rotatable bonds is 2. The molecule has 0 spiro atoms. The molecule has 0 bridgehead atoms. The van der Waals surface area contributed by atoms with Crippen LogP contribution in [0.15, 0.2) is 24.3 Å². The van der Waals surface area contributed by atoms with Gasteiger partial charge in [-0.1, -0.05) is 11.6 Å². The van der Waals surface area contributed by atoms with Gasteiger partial charge in [0.15, 0.2) is 11.6 Å². The first-order chi connectivity index (χ1) is 8.99. The minimum absolute atomic E-state index is 0.0181. The van der Waals surface area contributed by atoms with Crippen LogP contribution in [0.5, 0.6) is 0 Å². The van der Waals surface area contributed by atoms with Crippen molar-refractivity contribution in [3.8, 4) is 6.07 Å². The van der Waals surface area contributed by atoms with Crippen LogP contribution in [0.25, 0.3) is 0 Å². The molecule has 2 aromatic rings. The van der Waals surface area contributed by atoms with Crippen molar-refractivity contribution in [1.29, 1.82) is 5.26 Å². The summed E-state index contributed by atoms with van der Waals surface area (Å²) >= 11 is 5.66. The van der Waals surface area contributed by atoms with Crippen molar-refractivity contribution in [2.45, 2.75) is 0 Å². The Bertz CT molecular complexity index is 683. The number of nitrogens with zero attached hydrogens (tertiary/aromatic N) is 2. The molecule has 0 fully saturated rings. The van der Waals surface area contributed by atoms with Crippen molar-refractivity contribution in [3.05, 3.63) is 52.4 Å². The second kappa shape index (κ2) is 5.16. The van der Waals surface area contributed by atoms with Crippen molar-refractivity contribution in [1.82, 2.24) is 4.98 Å². The van der Waals surface area contributed by atoms with Crippen LogP contribution in [0, 0.1) is 28.8 Å². The minimum atomic E-state index is -1.29. The molecule has 19 heavy (non-hydrogen) atoms. The van der Waals surface area contributed by atoms with E-state index in [-0.39, 0.29) is 22.2 Å². The Labute approximate surface area is 111 Å². The van der Waals surface area contributed by atoms with E-state index in [1.807, 2.05) is 6.07 Å². The maximum absolute atomic E-state index is 13.4. The molecular weight excluding hydrogens is 279 g/mol. The lowest BCUT2D eigenvalue weighted by Crippen LogP contribution is -1.99. The SMILES string of the molecule is N#Cc1cc(Cl)nc(Nc2cc(F)c(F)cc2F)c1. The first-order valence-electron chi connectivity index (χ1n) is 4.99. The van der Waals surface area contributed by atoms with E-state index in [1.54, 1.807) is 0 Å². The molecule has 0 aliphatic carbocycles. The second-order valence-electron chi connectivity index (χ2n) is 3.55. The zero-order chi connectivity index (χ0) is 14.0. The Hall–Kier alpha value is -2.26. The van der Waals surface area contributed by atoms with E-state index in [0.717, 1.165) is 0 Å². The topological polar surface area (TPSA) is 48.7 Å². The molecule has 0 saturated heterocycles. The number of hydrogen-bond acceptors (Lipinski definition) is 3. The van der Waals surface area contributed by atoms with E-state index >= 15 is 0 Å². The molecule has 0 atom stereocenters. The Morgan fingerprint density at radius 1 is 1.05 bits per heavy atom. The lowest BCUT2D eigenvalue weighted by atomic mass is 10.2. The molecule has 0 amide bonds. The first-order valence-corrected chi connectivity index (χ1v) is 5.36. The Kier molecular flexibility index (Phi) is 3.58. The van der Waals surface area contributed by atoms with Gasteiger partial charge in [0.25, 0.3) is 0 Å². The van der Waals surface area contributed by atoms with Gasteiger partial charge in [-0.05, 0) is 12.1 Å². The van der Waals surface area contributed by atoms with Gasteiger partial charge in [-0.2, -0.15) is 5.26 Å². The van der Waals surface area contributed by atoms with Gasteiger partial charge in [-0.3, -0.25) is 0 Å². The predicted molar refractivity (Wildman–Crippen MR) is 63.6 cm³/mol. The largest absolute Gasteiger partial charge is 0.338 e. The summed E-state index contributed by atoms with van der Waals surface area (Å²) in [5.74, 6) is -3.43. The van der Waals surface area contributed by atoms with Gasteiger partial charge >= 0.3 is 0 Å². The summed E-state index contributed by atoms with van der Waals surface area (Å²) in [5.41, 5.74) is -0.108. The van der Waals surface area contributed by atoms with Crippen LogP contribution >= 0.6 is 11.6 Å². The number of hydrogen-bond donors (Lipinski definition) is 1. The molecule has 0 radical (unpaired) electrons. The molecule has 2 rings (SSSR count). The monoisotopic (exact) mass is 283 g/mol. The zero-order valence-electron chi connectivity index (χ0n) is 9.22. The average molecular weight is 284 g/mol. The summed E-state index contributed by atoms with van der Waals surface area (Å²) in [6.07, 6.45) is 0. The van der Waals surface area contributed by atoms with Gasteiger partial charge in [0, 0.05) is 12.1 Å². The van der Waals surface area contributed by atoms with E-state index in [9.17, 15) is 13.2 Å². The van der Waals surface area contributed by atoms with Crippen molar-refractivity contribution in [3.63, 3.8) is 0 Å². The number of anilines is 2. The van der Waals surface area contributed by atoms with Crippen LogP contribution in [-0.4, -0.2) is 4.98 Å². The van der Waals surface area contributed by atoms with Crippen molar-refractivity contribution in [2.75, 3.05) is 5.32 Å². The minimum Gasteiger partial charge on any atom is -0.338 e. The van der Waals surface area contributed by atoms with Gasteiger partial charge in [0.05, 0.1) is 17.3 Å². The molecule has 1 aromatic carbocycles. The molecule has 7 heteroatoms. The summed E-state index contributed by atoms with van der Waals surface area (Å²) in [6.45, 7) is 0. The third kappa shape index (κ3) is 2.95. The van der Waals surface area contributed by atoms with Crippen molar-refractivity contribution >= 4 is 23.1 Å². The highest BCUT2D eigenvalue weighted by atomic mass is 35.5. The maximum atomic E-state index is 13.4. The number of aromatic nitrogens is 1. The van der Waals surface area contributed by atoms with E-state index in [1.165, 1.54) is 12.1 Å². The third-order valence-corrected chi connectivity index (χ3v) is 2.39. The molecule has 0 saturated carbocycles.